The molecule has 1 fully saturated rings. The summed E-state index contributed by atoms with van der Waals surface area (Å²) >= 11 is 0. The van der Waals surface area contributed by atoms with Crippen LogP contribution in [0.15, 0.2) is 114 Å². The van der Waals surface area contributed by atoms with Gasteiger partial charge in [0.25, 0.3) is 0 Å². The molecule has 0 bridgehead atoms. The summed E-state index contributed by atoms with van der Waals surface area (Å²) in [5.74, 6) is -0.975. The van der Waals surface area contributed by atoms with Crippen molar-refractivity contribution in [2.24, 2.45) is 5.41 Å². The monoisotopic (exact) mass is 892 g/mol. The number of benzene rings is 5. The van der Waals surface area contributed by atoms with Gasteiger partial charge in [-0.3, -0.25) is 0 Å². The number of hydrogen-bond donors (Lipinski definition) is 0. The Morgan fingerprint density at radius 2 is 1.61 bits per heavy atom. The minimum atomic E-state index is -2.35. The van der Waals surface area contributed by atoms with Gasteiger partial charge in [-0.15, -0.1) is 53.6 Å². The summed E-state index contributed by atoms with van der Waals surface area (Å²) < 4.78 is 62.6. The molecule has 0 saturated heterocycles. The Morgan fingerprint density at radius 3 is 2.37 bits per heavy atom. The first-order valence-corrected chi connectivity index (χ1v) is 18.4. The van der Waals surface area contributed by atoms with E-state index in [1.807, 2.05) is 36.4 Å². The van der Waals surface area contributed by atoms with E-state index in [4.69, 9.17) is 12.6 Å². The van der Waals surface area contributed by atoms with Crippen molar-refractivity contribution in [3.63, 3.8) is 0 Å². The summed E-state index contributed by atoms with van der Waals surface area (Å²) in [4.78, 5) is 8.96. The van der Waals surface area contributed by atoms with Crippen LogP contribution < -0.4 is 0 Å². The number of rotatable bonds is 3. The van der Waals surface area contributed by atoms with E-state index in [2.05, 4.69) is 99.2 Å². The summed E-state index contributed by atoms with van der Waals surface area (Å²) in [5, 5.41) is 6.61. The van der Waals surface area contributed by atoms with Gasteiger partial charge in [-0.1, -0.05) is 101 Å². The van der Waals surface area contributed by atoms with Crippen LogP contribution in [-0.2, 0) is 25.5 Å². The average molecular weight is 892 g/mol. The van der Waals surface area contributed by atoms with Crippen LogP contribution in [0.4, 0.5) is 0 Å². The summed E-state index contributed by atoms with van der Waals surface area (Å²) in [6, 6.07) is 37.9. The van der Waals surface area contributed by atoms with Gasteiger partial charge < -0.3 is 14.4 Å². The Balaban J connectivity index is 0.000000226. The molecule has 0 spiro atoms. The topological polar surface area (TPSA) is 38.9 Å². The van der Waals surface area contributed by atoms with E-state index < -0.39 is 19.6 Å². The maximum Gasteiger partial charge on any atom is 0.121 e. The molecule has 8 aromatic rings. The SMILES string of the molecule is [2H]C([2H])([2H])c1c[c-]c(-c2cc(C(C)(C)C)ccn2)cc1.[2H]C([2H])([2H])c1cnc(-c2[c-]ccc3c2oc2cc4c(ccc5ccccc54)cc23)cc1C1([2H])CCC(C)(C)CC1.[Ir]. The van der Waals surface area contributed by atoms with Crippen molar-refractivity contribution >= 4 is 43.5 Å². The van der Waals surface area contributed by atoms with Gasteiger partial charge in [0.1, 0.15) is 5.58 Å². The van der Waals surface area contributed by atoms with Crippen LogP contribution in [0.3, 0.4) is 0 Å². The summed E-state index contributed by atoms with van der Waals surface area (Å²) in [6.45, 7) is 6.45. The molecule has 275 valence electrons. The molecule has 1 radical (unpaired) electrons. The molecule has 1 aliphatic carbocycles. The van der Waals surface area contributed by atoms with E-state index in [0.717, 1.165) is 51.2 Å². The van der Waals surface area contributed by atoms with Crippen LogP contribution in [0, 0.1) is 31.3 Å². The van der Waals surface area contributed by atoms with Crippen LogP contribution in [-0.4, -0.2) is 9.97 Å². The van der Waals surface area contributed by atoms with E-state index in [0.29, 0.717) is 40.8 Å². The Bertz CT molecular complexity index is 2880. The molecule has 0 unspecified atom stereocenters. The van der Waals surface area contributed by atoms with Gasteiger partial charge in [0.15, 0.2) is 0 Å². The van der Waals surface area contributed by atoms with Crippen molar-refractivity contribution in [1.82, 2.24) is 9.97 Å². The molecule has 3 nitrogen and oxygen atoms in total. The first-order chi connectivity index (χ1) is 28.2. The second kappa shape index (κ2) is 14.9. The molecule has 1 saturated carbocycles. The normalized spacial score (nSPS) is 17.5. The maximum absolute atomic E-state index is 9.41. The third-order valence-electron chi connectivity index (χ3n) is 10.8. The second-order valence-electron chi connectivity index (χ2n) is 16.1. The molecular weight excluding hydrogens is 837 g/mol. The van der Waals surface area contributed by atoms with Gasteiger partial charge in [0.2, 0.25) is 0 Å². The van der Waals surface area contributed by atoms with Crippen LogP contribution in [0.25, 0.3) is 66.0 Å². The van der Waals surface area contributed by atoms with Crippen LogP contribution in [0.1, 0.15) is 98.0 Å². The van der Waals surface area contributed by atoms with Gasteiger partial charge in [-0.2, -0.15) is 0 Å². The minimum absolute atomic E-state index is 0. The molecule has 0 atom stereocenters. The fourth-order valence-corrected chi connectivity index (χ4v) is 7.44. The summed E-state index contributed by atoms with van der Waals surface area (Å²) in [6.07, 6.45) is 6.21. The predicted octanol–water partition coefficient (Wildman–Crippen LogP) is 13.9. The Kier molecular flexibility index (Phi) is 8.19. The van der Waals surface area contributed by atoms with E-state index >= 15 is 0 Å². The molecule has 54 heavy (non-hydrogen) atoms. The van der Waals surface area contributed by atoms with E-state index in [-0.39, 0.29) is 36.5 Å². The number of furan rings is 1. The zero-order valence-electron chi connectivity index (χ0n) is 38.4. The standard InChI is InChI=1S/C34H30NO.C16H18N.Ir/c1-21-20-35-31(18-28(21)23-13-15-34(2,3)16-14-23)27-10-6-9-26-30-17-24-12-11-22-7-4-5-8-25(22)29(24)19-32(30)36-33(26)27;1-12-5-7-13(8-6-12)15-11-14(9-10-17-15)16(2,3)4;/h4-9,11-12,17-20,23H,13-16H2,1-3H3;5-7,9-11H,1-4H3;/q2*-1;/i1D3,23D;1D3;. The molecule has 0 aliphatic heterocycles. The Morgan fingerprint density at radius 1 is 0.796 bits per heavy atom. The maximum atomic E-state index is 9.41. The van der Waals surface area contributed by atoms with E-state index in [1.54, 1.807) is 18.3 Å². The Hall–Kier alpha value is -4.63. The zero-order chi connectivity index (χ0) is 42.8. The van der Waals surface area contributed by atoms with Gasteiger partial charge in [0.05, 0.1) is 5.58 Å². The molecule has 0 amide bonds. The molecular formula is C50H48IrN2O-2. The summed E-state index contributed by atoms with van der Waals surface area (Å²) in [7, 11) is 0. The van der Waals surface area contributed by atoms with Crippen LogP contribution in [0.2, 0.25) is 0 Å². The average Bonchev–Trinajstić information content (AvgIpc) is 3.58. The van der Waals surface area contributed by atoms with E-state index in [1.165, 1.54) is 28.6 Å². The quantitative estimate of drug-likeness (QED) is 0.131. The van der Waals surface area contributed by atoms with Crippen LogP contribution >= 0.6 is 0 Å². The smallest absolute Gasteiger partial charge is 0.121 e. The number of nitrogens with zero attached hydrogens (tertiary/aromatic N) is 2. The third-order valence-corrected chi connectivity index (χ3v) is 10.8. The largest absolute Gasteiger partial charge is 0.501 e. The number of pyridine rings is 2. The van der Waals surface area contributed by atoms with Crippen molar-refractivity contribution in [3.8, 4) is 22.5 Å². The van der Waals surface area contributed by atoms with Gasteiger partial charge >= 0.3 is 0 Å². The summed E-state index contributed by atoms with van der Waals surface area (Å²) in [5.41, 5.74) is 6.75. The van der Waals surface area contributed by atoms with Crippen LogP contribution in [0.5, 0.6) is 0 Å². The number of hydrogen-bond acceptors (Lipinski definition) is 3. The van der Waals surface area contributed by atoms with Gasteiger partial charge in [-0.25, -0.2) is 0 Å². The molecule has 9 rings (SSSR count). The van der Waals surface area contributed by atoms with Crippen molar-refractivity contribution in [3.05, 3.63) is 144 Å². The molecule has 3 heterocycles. The van der Waals surface area contributed by atoms with Crippen molar-refractivity contribution in [2.45, 2.75) is 85.3 Å². The third kappa shape index (κ3) is 7.52. The van der Waals surface area contributed by atoms with Crippen molar-refractivity contribution in [1.29, 1.82) is 0 Å². The molecule has 5 aromatic carbocycles. The molecule has 0 N–H and O–H groups in total. The fraction of sp³-hybridized carbons (Fsp3) is 0.280. The number of aryl methyl sites for hydroxylation is 2. The first-order valence-electron chi connectivity index (χ1n) is 21.9. The molecule has 4 heteroatoms. The molecule has 1 aliphatic rings. The molecule has 3 aromatic heterocycles. The Labute approximate surface area is 343 Å². The number of fused-ring (bicyclic) bond motifs is 6. The first kappa shape index (κ1) is 29.7. The van der Waals surface area contributed by atoms with Crippen molar-refractivity contribution < 1.29 is 34.1 Å². The fourth-order valence-electron chi connectivity index (χ4n) is 7.44. The van der Waals surface area contributed by atoms with Gasteiger partial charge in [0, 0.05) is 47.5 Å². The van der Waals surface area contributed by atoms with E-state index in [9.17, 15) is 1.37 Å². The predicted molar refractivity (Wildman–Crippen MR) is 222 cm³/mol. The second-order valence-corrected chi connectivity index (χ2v) is 16.1. The van der Waals surface area contributed by atoms with Crippen molar-refractivity contribution in [2.75, 3.05) is 0 Å². The zero-order valence-corrected chi connectivity index (χ0v) is 33.8. The number of aromatic nitrogens is 2. The minimum Gasteiger partial charge on any atom is -0.501 e. The van der Waals surface area contributed by atoms with Gasteiger partial charge in [-0.05, 0) is 117 Å².